The average Bonchev–Trinajstić information content (AvgIpc) is 2.20. The van der Waals surface area contributed by atoms with Crippen molar-refractivity contribution < 1.29 is 9.53 Å². The van der Waals surface area contributed by atoms with Crippen molar-refractivity contribution in [1.29, 1.82) is 0 Å². The van der Waals surface area contributed by atoms with Crippen LogP contribution in [0.3, 0.4) is 0 Å². The van der Waals surface area contributed by atoms with Gasteiger partial charge in [0.2, 0.25) is 0 Å². The number of likely N-dealkylation sites (N-methyl/N-ethyl adjacent to an activating group) is 1. The molecule has 13 heavy (non-hydrogen) atoms. The molecule has 4 heteroatoms. The Labute approximate surface area is 76.9 Å². The molecule has 0 saturated heterocycles. The zero-order chi connectivity index (χ0) is 9.68. The van der Waals surface area contributed by atoms with Gasteiger partial charge >= 0.3 is 0 Å². The smallest absolute Gasteiger partial charge is 0.253 e. The summed E-state index contributed by atoms with van der Waals surface area (Å²) in [5.41, 5.74) is 0.803. The second kappa shape index (κ2) is 4.57. The maximum absolute atomic E-state index is 11.3. The van der Waals surface area contributed by atoms with Crippen LogP contribution in [0.25, 0.3) is 0 Å². The lowest BCUT2D eigenvalue weighted by Crippen LogP contribution is -2.26. The molecule has 1 amide bonds. The maximum atomic E-state index is 11.3. The summed E-state index contributed by atoms with van der Waals surface area (Å²) in [4.78, 5) is 15.1. The Morgan fingerprint density at radius 3 is 2.62 bits per heavy atom. The van der Waals surface area contributed by atoms with Gasteiger partial charge in [-0.05, 0) is 17.7 Å². The average molecular weight is 180 g/mol. The van der Waals surface area contributed by atoms with Crippen LogP contribution in [0.15, 0.2) is 24.5 Å². The lowest BCUT2D eigenvalue weighted by molar-refractivity contribution is -0.130. The fourth-order valence-corrected chi connectivity index (χ4v) is 1.06. The molecule has 0 radical (unpaired) electrons. The molecule has 0 bridgehead atoms. The Morgan fingerprint density at radius 2 is 2.15 bits per heavy atom. The van der Waals surface area contributed by atoms with Crippen LogP contribution in [0.1, 0.15) is 11.7 Å². The lowest BCUT2D eigenvalue weighted by atomic mass is 10.1. The van der Waals surface area contributed by atoms with Gasteiger partial charge in [0.1, 0.15) is 0 Å². The van der Waals surface area contributed by atoms with Crippen molar-refractivity contribution in [3.63, 3.8) is 0 Å². The van der Waals surface area contributed by atoms with E-state index >= 15 is 0 Å². The number of carbonyl (C=O) groups excluding carboxylic acids is 1. The zero-order valence-corrected chi connectivity index (χ0v) is 7.65. The fraction of sp³-hybridized carbons (Fsp3) is 0.333. The Hall–Kier alpha value is -1.42. The van der Waals surface area contributed by atoms with E-state index in [0.717, 1.165) is 5.56 Å². The zero-order valence-electron chi connectivity index (χ0n) is 7.65. The van der Waals surface area contributed by atoms with Gasteiger partial charge in [0.05, 0.1) is 0 Å². The molecule has 4 nitrogen and oxygen atoms in total. The van der Waals surface area contributed by atoms with E-state index in [9.17, 15) is 4.79 Å². The Kier molecular flexibility index (Phi) is 3.40. The summed E-state index contributed by atoms with van der Waals surface area (Å²) in [5, 5.41) is 2.53. The summed E-state index contributed by atoms with van der Waals surface area (Å²) in [5.74, 6) is -0.159. The van der Waals surface area contributed by atoms with Crippen LogP contribution in [0, 0.1) is 0 Å². The minimum absolute atomic E-state index is 0.159. The number of ether oxygens (including phenoxy) is 1. The normalized spacial score (nSPS) is 12.2. The minimum atomic E-state index is -0.548. The molecule has 0 saturated carbocycles. The number of amides is 1. The second-order valence-corrected chi connectivity index (χ2v) is 2.51. The van der Waals surface area contributed by atoms with Crippen molar-refractivity contribution in [1.82, 2.24) is 10.3 Å². The summed E-state index contributed by atoms with van der Waals surface area (Å²) in [6, 6.07) is 3.51. The van der Waals surface area contributed by atoms with Gasteiger partial charge in [-0.3, -0.25) is 9.78 Å². The molecule has 0 aliphatic heterocycles. The third-order valence-electron chi connectivity index (χ3n) is 1.73. The predicted octanol–water partition coefficient (Wildman–Crippen LogP) is 0.515. The molecular weight excluding hydrogens is 168 g/mol. The lowest BCUT2D eigenvalue weighted by Gasteiger charge is -2.13. The topological polar surface area (TPSA) is 51.2 Å². The number of hydrogen-bond donors (Lipinski definition) is 1. The number of nitrogens with one attached hydrogen (secondary N) is 1. The highest BCUT2D eigenvalue weighted by Crippen LogP contribution is 2.14. The van der Waals surface area contributed by atoms with Gasteiger partial charge in [0.15, 0.2) is 6.10 Å². The molecule has 0 aliphatic carbocycles. The molecule has 70 valence electrons. The summed E-state index contributed by atoms with van der Waals surface area (Å²) in [6.45, 7) is 0. The van der Waals surface area contributed by atoms with E-state index in [-0.39, 0.29) is 5.91 Å². The number of rotatable bonds is 3. The van der Waals surface area contributed by atoms with E-state index in [1.54, 1.807) is 31.6 Å². The number of nitrogens with zero attached hydrogens (tertiary/aromatic N) is 1. The molecule has 1 N–H and O–H groups in total. The van der Waals surface area contributed by atoms with Gasteiger partial charge < -0.3 is 10.1 Å². The van der Waals surface area contributed by atoms with Crippen molar-refractivity contribution in [2.45, 2.75) is 6.10 Å². The molecule has 0 spiro atoms. The summed E-state index contributed by atoms with van der Waals surface area (Å²) in [6.07, 6.45) is 2.71. The Morgan fingerprint density at radius 1 is 1.54 bits per heavy atom. The van der Waals surface area contributed by atoms with Crippen LogP contribution in [0.4, 0.5) is 0 Å². The minimum Gasteiger partial charge on any atom is -0.367 e. The van der Waals surface area contributed by atoms with Crippen molar-refractivity contribution >= 4 is 5.91 Å². The molecule has 0 aliphatic rings. The third kappa shape index (κ3) is 2.26. The van der Waals surface area contributed by atoms with Crippen LogP contribution in [-0.2, 0) is 9.53 Å². The molecular formula is C9H12N2O2. The first-order chi connectivity index (χ1) is 6.29. The highest BCUT2D eigenvalue weighted by atomic mass is 16.5. The summed E-state index contributed by atoms with van der Waals surface area (Å²) in [7, 11) is 3.08. The van der Waals surface area contributed by atoms with Crippen molar-refractivity contribution in [3.8, 4) is 0 Å². The molecule has 1 atom stereocenters. The van der Waals surface area contributed by atoms with E-state index in [0.29, 0.717) is 0 Å². The Balaban J connectivity index is 2.85. The second-order valence-electron chi connectivity index (χ2n) is 2.51. The molecule has 1 heterocycles. The number of carbonyl (C=O) groups is 1. The summed E-state index contributed by atoms with van der Waals surface area (Å²) >= 11 is 0. The van der Waals surface area contributed by atoms with Gasteiger partial charge in [-0.25, -0.2) is 0 Å². The molecule has 1 aromatic heterocycles. The molecule has 1 aromatic rings. The quantitative estimate of drug-likeness (QED) is 0.737. The van der Waals surface area contributed by atoms with E-state index in [4.69, 9.17) is 4.74 Å². The monoisotopic (exact) mass is 180 g/mol. The fourth-order valence-electron chi connectivity index (χ4n) is 1.06. The van der Waals surface area contributed by atoms with Crippen LogP contribution < -0.4 is 5.32 Å². The number of aromatic nitrogens is 1. The van der Waals surface area contributed by atoms with Gasteiger partial charge in [0.25, 0.3) is 5.91 Å². The van der Waals surface area contributed by atoms with Gasteiger partial charge in [-0.1, -0.05) is 0 Å². The van der Waals surface area contributed by atoms with Gasteiger partial charge in [0, 0.05) is 26.6 Å². The molecule has 0 aromatic carbocycles. The van der Waals surface area contributed by atoms with E-state index < -0.39 is 6.10 Å². The van der Waals surface area contributed by atoms with Crippen LogP contribution in [-0.4, -0.2) is 25.0 Å². The van der Waals surface area contributed by atoms with E-state index in [1.807, 2.05) is 0 Å². The number of pyridine rings is 1. The maximum Gasteiger partial charge on any atom is 0.253 e. The molecule has 1 rings (SSSR count). The van der Waals surface area contributed by atoms with Crippen LogP contribution in [0.5, 0.6) is 0 Å². The molecule has 0 fully saturated rings. The van der Waals surface area contributed by atoms with Crippen molar-refractivity contribution in [3.05, 3.63) is 30.1 Å². The first-order valence-corrected chi connectivity index (χ1v) is 3.94. The Bertz CT molecular complexity index is 274. The number of hydrogen-bond acceptors (Lipinski definition) is 3. The predicted molar refractivity (Wildman–Crippen MR) is 48.1 cm³/mol. The standard InChI is InChI=1S/C9H12N2O2/c1-10-9(12)8(13-2)7-3-5-11-6-4-7/h3-6,8H,1-2H3,(H,10,12). The van der Waals surface area contributed by atoms with E-state index in [1.165, 1.54) is 7.11 Å². The SMILES string of the molecule is CNC(=O)C(OC)c1ccncc1. The van der Waals surface area contributed by atoms with Crippen molar-refractivity contribution in [2.24, 2.45) is 0 Å². The van der Waals surface area contributed by atoms with Gasteiger partial charge in [-0.2, -0.15) is 0 Å². The van der Waals surface area contributed by atoms with Gasteiger partial charge in [-0.15, -0.1) is 0 Å². The van der Waals surface area contributed by atoms with E-state index in [2.05, 4.69) is 10.3 Å². The highest BCUT2D eigenvalue weighted by molar-refractivity contribution is 5.81. The van der Waals surface area contributed by atoms with Crippen molar-refractivity contribution in [2.75, 3.05) is 14.2 Å². The first-order valence-electron chi connectivity index (χ1n) is 3.94. The number of methoxy groups -OCH3 is 1. The van der Waals surface area contributed by atoms with Crippen LogP contribution in [0.2, 0.25) is 0 Å². The summed E-state index contributed by atoms with van der Waals surface area (Å²) < 4.78 is 5.05. The molecule has 1 unspecified atom stereocenters. The first kappa shape index (κ1) is 9.67. The largest absolute Gasteiger partial charge is 0.367 e. The highest BCUT2D eigenvalue weighted by Gasteiger charge is 2.17. The van der Waals surface area contributed by atoms with Crippen LogP contribution >= 0.6 is 0 Å². The third-order valence-corrected chi connectivity index (χ3v) is 1.73.